The van der Waals surface area contributed by atoms with Crippen molar-refractivity contribution in [3.63, 3.8) is 0 Å². The maximum atomic E-state index is 13.3. The third-order valence-electron chi connectivity index (χ3n) is 5.04. The Kier molecular flexibility index (Phi) is 7.51. The zero-order chi connectivity index (χ0) is 22.2. The number of likely N-dealkylation sites (N-methyl/N-ethyl adjacent to an activating group) is 1. The molecule has 0 saturated carbocycles. The summed E-state index contributed by atoms with van der Waals surface area (Å²) in [6.07, 6.45) is 0. The summed E-state index contributed by atoms with van der Waals surface area (Å²) in [5.74, 6) is 1.96. The van der Waals surface area contributed by atoms with Crippen molar-refractivity contribution in [3.05, 3.63) is 83.9 Å². The Morgan fingerprint density at radius 2 is 1.55 bits per heavy atom. The number of anilines is 1. The number of carbonyl (C=O) groups is 1. The highest BCUT2D eigenvalue weighted by molar-refractivity contribution is 5.95. The van der Waals surface area contributed by atoms with Crippen molar-refractivity contribution in [1.82, 2.24) is 4.90 Å². The predicted octanol–water partition coefficient (Wildman–Crippen LogP) is 4.52. The number of benzene rings is 3. The molecule has 0 aliphatic carbocycles. The van der Waals surface area contributed by atoms with E-state index in [0.717, 1.165) is 16.9 Å². The summed E-state index contributed by atoms with van der Waals surface area (Å²) < 4.78 is 15.9. The van der Waals surface area contributed by atoms with Gasteiger partial charge < -0.3 is 19.5 Å². The fourth-order valence-corrected chi connectivity index (χ4v) is 3.48. The van der Waals surface area contributed by atoms with Crippen LogP contribution in [0.1, 0.15) is 17.2 Å². The van der Waals surface area contributed by atoms with Crippen LogP contribution in [-0.2, 0) is 11.3 Å². The molecule has 1 atom stereocenters. The predicted molar refractivity (Wildman–Crippen MR) is 122 cm³/mol. The Morgan fingerprint density at radius 1 is 0.871 bits per heavy atom. The molecule has 0 fully saturated rings. The molecule has 0 aromatic heterocycles. The Bertz CT molecular complexity index is 990. The maximum Gasteiger partial charge on any atom is 0.246 e. The highest BCUT2D eigenvalue weighted by Gasteiger charge is 2.25. The van der Waals surface area contributed by atoms with Gasteiger partial charge in [0, 0.05) is 12.2 Å². The van der Waals surface area contributed by atoms with Gasteiger partial charge in [0.05, 0.1) is 21.3 Å². The van der Waals surface area contributed by atoms with E-state index >= 15 is 0 Å². The summed E-state index contributed by atoms with van der Waals surface area (Å²) >= 11 is 0. The second kappa shape index (κ2) is 10.5. The van der Waals surface area contributed by atoms with Crippen LogP contribution in [0.2, 0.25) is 0 Å². The molecule has 31 heavy (non-hydrogen) atoms. The second-order valence-corrected chi connectivity index (χ2v) is 7.14. The number of rotatable bonds is 9. The van der Waals surface area contributed by atoms with Crippen LogP contribution < -0.4 is 19.5 Å². The number of nitrogens with one attached hydrogen (secondary N) is 1. The molecule has 0 radical (unpaired) electrons. The number of ether oxygens (including phenoxy) is 3. The van der Waals surface area contributed by atoms with E-state index in [-0.39, 0.29) is 5.91 Å². The van der Waals surface area contributed by atoms with Crippen LogP contribution in [0.4, 0.5) is 5.69 Å². The highest BCUT2D eigenvalue weighted by atomic mass is 16.5. The van der Waals surface area contributed by atoms with Crippen molar-refractivity contribution in [2.24, 2.45) is 0 Å². The molecule has 6 nitrogen and oxygen atoms in total. The topological polar surface area (TPSA) is 60.0 Å². The van der Waals surface area contributed by atoms with Gasteiger partial charge in [-0.3, -0.25) is 9.69 Å². The maximum absolute atomic E-state index is 13.3. The Balaban J connectivity index is 1.83. The molecular weight excluding hydrogens is 392 g/mol. The molecule has 162 valence electrons. The summed E-state index contributed by atoms with van der Waals surface area (Å²) in [5, 5.41) is 3.02. The zero-order valence-corrected chi connectivity index (χ0v) is 18.3. The van der Waals surface area contributed by atoms with Crippen molar-refractivity contribution in [2.45, 2.75) is 12.6 Å². The van der Waals surface area contributed by atoms with Crippen molar-refractivity contribution in [3.8, 4) is 17.2 Å². The molecule has 3 aromatic carbocycles. The van der Waals surface area contributed by atoms with Crippen molar-refractivity contribution < 1.29 is 19.0 Å². The van der Waals surface area contributed by atoms with Gasteiger partial charge in [0.1, 0.15) is 11.8 Å². The normalized spacial score (nSPS) is 11.6. The fourth-order valence-electron chi connectivity index (χ4n) is 3.48. The number of nitrogens with zero attached hydrogens (tertiary/aromatic N) is 1. The average molecular weight is 421 g/mol. The molecule has 3 rings (SSSR count). The highest BCUT2D eigenvalue weighted by Crippen LogP contribution is 2.30. The summed E-state index contributed by atoms with van der Waals surface area (Å²) in [7, 11) is 6.77. The van der Waals surface area contributed by atoms with Crippen LogP contribution in [0.3, 0.4) is 0 Å². The molecule has 0 heterocycles. The summed E-state index contributed by atoms with van der Waals surface area (Å²) in [5.41, 5.74) is 2.64. The van der Waals surface area contributed by atoms with Crippen LogP contribution >= 0.6 is 0 Å². The van der Waals surface area contributed by atoms with Crippen molar-refractivity contribution in [1.29, 1.82) is 0 Å². The number of hydrogen-bond donors (Lipinski definition) is 1. The number of hydrogen-bond acceptors (Lipinski definition) is 5. The summed E-state index contributed by atoms with van der Waals surface area (Å²) in [6.45, 7) is 0.552. The fraction of sp³-hybridized carbons (Fsp3) is 0.240. The van der Waals surface area contributed by atoms with E-state index in [4.69, 9.17) is 14.2 Å². The lowest BCUT2D eigenvalue weighted by Crippen LogP contribution is -2.34. The Labute approximate surface area is 183 Å². The monoisotopic (exact) mass is 420 g/mol. The molecule has 0 bridgehead atoms. The first-order chi connectivity index (χ1) is 15.0. The van der Waals surface area contributed by atoms with Crippen molar-refractivity contribution >= 4 is 11.6 Å². The van der Waals surface area contributed by atoms with E-state index in [1.807, 2.05) is 84.7 Å². The first-order valence-corrected chi connectivity index (χ1v) is 9.96. The standard InChI is InChI=1S/C25H28N2O4/c1-27(17-18-10-15-22(30-3)23(16-18)31-4)24(19-8-6-5-7-9-19)25(28)26-20-11-13-21(29-2)14-12-20/h5-16,24H,17H2,1-4H3,(H,26,28). The van der Waals surface area contributed by atoms with Crippen molar-refractivity contribution in [2.75, 3.05) is 33.7 Å². The molecule has 6 heteroatoms. The Morgan fingerprint density at radius 3 is 2.16 bits per heavy atom. The Hall–Kier alpha value is -3.51. The summed E-state index contributed by atoms with van der Waals surface area (Å²) in [6, 6.07) is 22.3. The van der Waals surface area contributed by atoms with E-state index in [2.05, 4.69) is 5.32 Å². The molecular formula is C25H28N2O4. The lowest BCUT2D eigenvalue weighted by molar-refractivity contribution is -0.121. The minimum atomic E-state index is -0.476. The minimum absolute atomic E-state index is 0.112. The molecule has 0 aliphatic heterocycles. The number of methoxy groups -OCH3 is 3. The number of amides is 1. The minimum Gasteiger partial charge on any atom is -0.497 e. The third-order valence-corrected chi connectivity index (χ3v) is 5.04. The van der Waals surface area contributed by atoms with E-state index < -0.39 is 6.04 Å². The van der Waals surface area contributed by atoms with Crippen LogP contribution in [0.5, 0.6) is 17.2 Å². The zero-order valence-electron chi connectivity index (χ0n) is 18.3. The van der Waals surface area contributed by atoms with Crippen LogP contribution in [-0.4, -0.2) is 39.2 Å². The molecule has 0 spiro atoms. The molecule has 0 aliphatic rings. The van der Waals surface area contributed by atoms with Crippen LogP contribution in [0.15, 0.2) is 72.8 Å². The first kappa shape index (κ1) is 22.2. The van der Waals surface area contributed by atoms with Gasteiger partial charge in [0.2, 0.25) is 5.91 Å². The van der Waals surface area contributed by atoms with Gasteiger partial charge in [-0.05, 0) is 54.6 Å². The van der Waals surface area contributed by atoms with Gasteiger partial charge in [-0.25, -0.2) is 0 Å². The SMILES string of the molecule is COc1ccc(NC(=O)C(c2ccccc2)N(C)Cc2ccc(OC)c(OC)c2)cc1. The lowest BCUT2D eigenvalue weighted by atomic mass is 10.0. The average Bonchev–Trinajstić information content (AvgIpc) is 2.80. The molecule has 1 N–H and O–H groups in total. The van der Waals surface area contributed by atoms with E-state index in [1.54, 1.807) is 21.3 Å². The first-order valence-electron chi connectivity index (χ1n) is 9.96. The quantitative estimate of drug-likeness (QED) is 0.551. The molecule has 1 unspecified atom stereocenters. The second-order valence-electron chi connectivity index (χ2n) is 7.14. The van der Waals surface area contributed by atoms with E-state index in [1.165, 1.54) is 0 Å². The van der Waals surface area contributed by atoms with Gasteiger partial charge in [-0.15, -0.1) is 0 Å². The molecule has 3 aromatic rings. The smallest absolute Gasteiger partial charge is 0.246 e. The van der Waals surface area contributed by atoms with Gasteiger partial charge in [0.25, 0.3) is 0 Å². The van der Waals surface area contributed by atoms with Crippen LogP contribution in [0.25, 0.3) is 0 Å². The van der Waals surface area contributed by atoms with E-state index in [9.17, 15) is 4.79 Å². The third kappa shape index (κ3) is 5.55. The molecule has 1 amide bonds. The largest absolute Gasteiger partial charge is 0.497 e. The van der Waals surface area contributed by atoms with Crippen LogP contribution in [0, 0.1) is 0 Å². The van der Waals surface area contributed by atoms with Gasteiger partial charge >= 0.3 is 0 Å². The lowest BCUT2D eigenvalue weighted by Gasteiger charge is -2.28. The van der Waals surface area contributed by atoms with Gasteiger partial charge in [0.15, 0.2) is 11.5 Å². The number of carbonyl (C=O) groups excluding carboxylic acids is 1. The van der Waals surface area contributed by atoms with E-state index in [0.29, 0.717) is 23.7 Å². The summed E-state index contributed by atoms with van der Waals surface area (Å²) in [4.78, 5) is 15.3. The van der Waals surface area contributed by atoms with Gasteiger partial charge in [-0.1, -0.05) is 36.4 Å². The molecule has 0 saturated heterocycles. The van der Waals surface area contributed by atoms with Gasteiger partial charge in [-0.2, -0.15) is 0 Å².